The van der Waals surface area contributed by atoms with Gasteiger partial charge in [-0.25, -0.2) is 5.01 Å². The summed E-state index contributed by atoms with van der Waals surface area (Å²) in [5.74, 6) is 2.55. The van der Waals surface area contributed by atoms with Crippen molar-refractivity contribution in [1.29, 1.82) is 0 Å². The van der Waals surface area contributed by atoms with Gasteiger partial charge in [0, 0.05) is 17.5 Å². The molecule has 156 valence electrons. The van der Waals surface area contributed by atoms with Crippen molar-refractivity contribution < 1.29 is 14.2 Å². The number of fused-ring (bicyclic) bond motifs is 3. The Morgan fingerprint density at radius 1 is 1.03 bits per heavy atom. The second-order valence-electron chi connectivity index (χ2n) is 7.55. The zero-order chi connectivity index (χ0) is 21.2. The zero-order valence-electron chi connectivity index (χ0n) is 17.4. The molecule has 0 aliphatic carbocycles. The fourth-order valence-electron chi connectivity index (χ4n) is 4.10. The minimum Gasteiger partial charge on any atom is -0.497 e. The normalized spacial score (nSPS) is 19.0. The van der Waals surface area contributed by atoms with Gasteiger partial charge in [-0.15, -0.1) is 0 Å². The van der Waals surface area contributed by atoms with E-state index in [1.54, 1.807) is 13.2 Å². The van der Waals surface area contributed by atoms with E-state index in [4.69, 9.17) is 19.3 Å². The Morgan fingerprint density at radius 3 is 2.52 bits per heavy atom. The van der Waals surface area contributed by atoms with E-state index in [0.717, 1.165) is 46.1 Å². The van der Waals surface area contributed by atoms with Crippen LogP contribution in [0.4, 0.5) is 0 Å². The maximum atomic E-state index is 6.42. The number of hydrazone groups is 1. The van der Waals surface area contributed by atoms with Crippen LogP contribution in [0, 0.1) is 0 Å². The van der Waals surface area contributed by atoms with E-state index in [2.05, 4.69) is 35.9 Å². The SMILES string of the molecule is C=CCOc1ccc(C2Oc3ccccc3C3CC(c4ccc(OC)cc4)=NN32)cc1. The monoisotopic (exact) mass is 412 g/mol. The molecule has 0 radical (unpaired) electrons. The number of ether oxygens (including phenoxy) is 3. The van der Waals surface area contributed by atoms with Crippen molar-refractivity contribution in [3.63, 3.8) is 0 Å². The van der Waals surface area contributed by atoms with Gasteiger partial charge in [0.15, 0.2) is 0 Å². The third-order valence-corrected chi connectivity index (χ3v) is 5.66. The smallest absolute Gasteiger partial charge is 0.213 e. The van der Waals surface area contributed by atoms with Gasteiger partial charge in [0.25, 0.3) is 0 Å². The summed E-state index contributed by atoms with van der Waals surface area (Å²) in [5, 5.41) is 7.09. The highest BCUT2D eigenvalue weighted by Gasteiger charge is 2.40. The molecule has 0 fully saturated rings. The van der Waals surface area contributed by atoms with Crippen LogP contribution in [0.1, 0.15) is 35.4 Å². The molecule has 2 heterocycles. The van der Waals surface area contributed by atoms with E-state index in [1.165, 1.54) is 0 Å². The number of hydrogen-bond acceptors (Lipinski definition) is 5. The Kier molecular flexibility index (Phi) is 5.08. The Balaban J connectivity index is 1.49. The van der Waals surface area contributed by atoms with Gasteiger partial charge >= 0.3 is 0 Å². The first-order chi connectivity index (χ1) is 15.3. The fourth-order valence-corrected chi connectivity index (χ4v) is 4.10. The third kappa shape index (κ3) is 3.63. The summed E-state index contributed by atoms with van der Waals surface area (Å²) in [5.41, 5.74) is 4.34. The van der Waals surface area contributed by atoms with E-state index in [1.807, 2.05) is 48.5 Å². The van der Waals surface area contributed by atoms with Gasteiger partial charge in [-0.2, -0.15) is 5.10 Å². The van der Waals surface area contributed by atoms with Crippen LogP contribution in [-0.4, -0.2) is 24.4 Å². The average Bonchev–Trinajstić information content (AvgIpc) is 3.28. The molecule has 3 aromatic rings. The summed E-state index contributed by atoms with van der Waals surface area (Å²) in [6, 6.07) is 24.4. The molecule has 2 aliphatic heterocycles. The van der Waals surface area contributed by atoms with Crippen molar-refractivity contribution in [1.82, 2.24) is 5.01 Å². The standard InChI is InChI=1S/C26H24N2O3/c1-3-16-30-21-14-10-19(11-15-21)26-28-24(22-6-4-5-7-25(22)31-26)17-23(27-28)18-8-12-20(29-2)13-9-18/h3-15,24,26H,1,16-17H2,2H3. The minimum atomic E-state index is -0.302. The Hall–Kier alpha value is -3.73. The predicted molar refractivity (Wildman–Crippen MR) is 121 cm³/mol. The van der Waals surface area contributed by atoms with Gasteiger partial charge in [-0.3, -0.25) is 0 Å². The molecule has 0 aromatic heterocycles. The Morgan fingerprint density at radius 2 is 1.77 bits per heavy atom. The summed E-state index contributed by atoms with van der Waals surface area (Å²) >= 11 is 0. The van der Waals surface area contributed by atoms with E-state index >= 15 is 0 Å². The average molecular weight is 412 g/mol. The molecule has 5 heteroatoms. The molecule has 0 amide bonds. The molecule has 2 aliphatic rings. The van der Waals surface area contributed by atoms with Crippen LogP contribution >= 0.6 is 0 Å². The highest BCUT2D eigenvalue weighted by molar-refractivity contribution is 6.02. The van der Waals surface area contributed by atoms with E-state index < -0.39 is 0 Å². The molecule has 0 saturated heterocycles. The lowest BCUT2D eigenvalue weighted by atomic mass is 9.96. The lowest BCUT2D eigenvalue weighted by Crippen LogP contribution is -2.33. The number of nitrogens with zero attached hydrogens (tertiary/aromatic N) is 2. The maximum absolute atomic E-state index is 6.42. The number of para-hydroxylation sites is 1. The van der Waals surface area contributed by atoms with Crippen molar-refractivity contribution in [3.8, 4) is 17.2 Å². The first-order valence-corrected chi connectivity index (χ1v) is 10.4. The summed E-state index contributed by atoms with van der Waals surface area (Å²) in [7, 11) is 1.68. The van der Waals surface area contributed by atoms with Crippen molar-refractivity contribution in [3.05, 3.63) is 102 Å². The quantitative estimate of drug-likeness (QED) is 0.501. The second-order valence-corrected chi connectivity index (χ2v) is 7.55. The van der Waals surface area contributed by atoms with E-state index in [0.29, 0.717) is 6.61 Å². The number of methoxy groups -OCH3 is 1. The number of benzene rings is 3. The second kappa shape index (κ2) is 8.19. The maximum Gasteiger partial charge on any atom is 0.213 e. The van der Waals surface area contributed by atoms with Crippen LogP contribution in [0.25, 0.3) is 0 Å². The highest BCUT2D eigenvalue weighted by Crippen LogP contribution is 2.47. The number of rotatable bonds is 6. The van der Waals surface area contributed by atoms with Crippen molar-refractivity contribution in [2.75, 3.05) is 13.7 Å². The lowest BCUT2D eigenvalue weighted by molar-refractivity contribution is -0.0190. The summed E-state index contributed by atoms with van der Waals surface area (Å²) in [6.45, 7) is 4.18. The highest BCUT2D eigenvalue weighted by atomic mass is 16.5. The van der Waals surface area contributed by atoms with Gasteiger partial charge in [0.2, 0.25) is 6.23 Å². The van der Waals surface area contributed by atoms with Crippen molar-refractivity contribution in [2.45, 2.75) is 18.7 Å². The molecule has 2 atom stereocenters. The molecule has 3 aromatic carbocycles. The topological polar surface area (TPSA) is 43.3 Å². The molecule has 0 N–H and O–H groups in total. The van der Waals surface area contributed by atoms with Gasteiger partial charge in [0.1, 0.15) is 23.9 Å². The fraction of sp³-hybridized carbons (Fsp3) is 0.192. The summed E-state index contributed by atoms with van der Waals surface area (Å²) in [4.78, 5) is 0. The van der Waals surface area contributed by atoms with Crippen LogP contribution in [0.15, 0.2) is 90.6 Å². The minimum absolute atomic E-state index is 0.128. The van der Waals surface area contributed by atoms with Crippen LogP contribution in [0.3, 0.4) is 0 Å². The first-order valence-electron chi connectivity index (χ1n) is 10.4. The lowest BCUT2D eigenvalue weighted by Gasteiger charge is -2.38. The molecule has 0 spiro atoms. The van der Waals surface area contributed by atoms with Gasteiger partial charge in [0.05, 0.1) is 18.9 Å². The van der Waals surface area contributed by atoms with Crippen molar-refractivity contribution >= 4 is 5.71 Å². The number of hydrogen-bond donors (Lipinski definition) is 0. The molecule has 31 heavy (non-hydrogen) atoms. The molecular weight excluding hydrogens is 388 g/mol. The predicted octanol–water partition coefficient (Wildman–Crippen LogP) is 5.50. The zero-order valence-corrected chi connectivity index (χ0v) is 17.4. The molecule has 5 rings (SSSR count). The molecule has 0 saturated carbocycles. The van der Waals surface area contributed by atoms with Gasteiger partial charge in [-0.05, 0) is 60.2 Å². The van der Waals surface area contributed by atoms with Crippen LogP contribution in [-0.2, 0) is 0 Å². The van der Waals surface area contributed by atoms with E-state index in [9.17, 15) is 0 Å². The van der Waals surface area contributed by atoms with E-state index in [-0.39, 0.29) is 12.3 Å². The van der Waals surface area contributed by atoms with Crippen LogP contribution in [0.2, 0.25) is 0 Å². The first kappa shape index (κ1) is 19.2. The molecule has 2 unspecified atom stereocenters. The Bertz CT molecular complexity index is 1110. The van der Waals surface area contributed by atoms with Gasteiger partial charge in [-0.1, -0.05) is 30.9 Å². The Labute approximate surface area is 182 Å². The molecular formula is C26H24N2O3. The molecule has 5 nitrogen and oxygen atoms in total. The van der Waals surface area contributed by atoms with Crippen LogP contribution in [0.5, 0.6) is 17.2 Å². The summed E-state index contributed by atoms with van der Waals surface area (Å²) < 4.78 is 17.3. The van der Waals surface area contributed by atoms with Crippen LogP contribution < -0.4 is 14.2 Å². The summed E-state index contributed by atoms with van der Waals surface area (Å²) in [6.07, 6.45) is 2.26. The molecule has 0 bridgehead atoms. The van der Waals surface area contributed by atoms with Crippen molar-refractivity contribution in [2.24, 2.45) is 5.10 Å². The third-order valence-electron chi connectivity index (χ3n) is 5.66. The van der Waals surface area contributed by atoms with Gasteiger partial charge < -0.3 is 14.2 Å². The largest absolute Gasteiger partial charge is 0.497 e.